The minimum absolute atomic E-state index is 0.0987. The number of pyridine rings is 1. The van der Waals surface area contributed by atoms with Crippen molar-refractivity contribution >= 4 is 11.7 Å². The van der Waals surface area contributed by atoms with Crippen molar-refractivity contribution in [2.75, 3.05) is 31.1 Å². The number of nitrogens with one attached hydrogen (secondary N) is 1. The van der Waals surface area contributed by atoms with Crippen LogP contribution in [-0.4, -0.2) is 42.6 Å². The van der Waals surface area contributed by atoms with Gasteiger partial charge in [-0.15, -0.1) is 0 Å². The van der Waals surface area contributed by atoms with E-state index in [9.17, 15) is 10.1 Å². The number of fused-ring (bicyclic) bond motifs is 1. The summed E-state index contributed by atoms with van der Waals surface area (Å²) < 4.78 is 11.4. The third-order valence-corrected chi connectivity index (χ3v) is 6.45. The van der Waals surface area contributed by atoms with E-state index in [4.69, 9.17) is 9.15 Å². The summed E-state index contributed by atoms with van der Waals surface area (Å²) >= 11 is 0. The normalized spacial score (nSPS) is 17.4. The molecule has 7 heteroatoms. The Labute approximate surface area is 193 Å². The molecule has 7 nitrogen and oxygen atoms in total. The van der Waals surface area contributed by atoms with Crippen LogP contribution in [0.15, 0.2) is 53.1 Å². The van der Waals surface area contributed by atoms with Crippen LogP contribution in [0, 0.1) is 11.3 Å². The van der Waals surface area contributed by atoms with Crippen molar-refractivity contribution in [1.82, 2.24) is 4.90 Å². The van der Waals surface area contributed by atoms with Crippen LogP contribution in [-0.2, 0) is 17.8 Å². The van der Waals surface area contributed by atoms with Crippen molar-refractivity contribution in [2.24, 2.45) is 0 Å². The molecule has 1 saturated heterocycles. The maximum Gasteiger partial charge on any atom is 0.293 e. The zero-order chi connectivity index (χ0) is 23.0. The molecule has 4 heterocycles. The quantitative estimate of drug-likeness (QED) is 0.619. The van der Waals surface area contributed by atoms with Gasteiger partial charge in [0.25, 0.3) is 11.7 Å². The second-order valence-corrected chi connectivity index (χ2v) is 9.14. The molecule has 5 rings (SSSR count). The van der Waals surface area contributed by atoms with Crippen molar-refractivity contribution in [3.05, 3.63) is 71.2 Å². The van der Waals surface area contributed by atoms with E-state index in [1.807, 2.05) is 18.2 Å². The number of anilines is 1. The van der Waals surface area contributed by atoms with Crippen molar-refractivity contribution in [2.45, 2.75) is 32.5 Å². The van der Waals surface area contributed by atoms with Crippen molar-refractivity contribution < 1.29 is 18.9 Å². The number of amides is 1. The van der Waals surface area contributed by atoms with Crippen LogP contribution in [0.3, 0.4) is 0 Å². The summed E-state index contributed by atoms with van der Waals surface area (Å²) in [6.07, 6.45) is 2.19. The molecule has 0 aliphatic carbocycles. The van der Waals surface area contributed by atoms with E-state index in [-0.39, 0.29) is 11.5 Å². The molecule has 2 aliphatic heterocycles. The molecule has 33 heavy (non-hydrogen) atoms. The van der Waals surface area contributed by atoms with E-state index in [2.05, 4.69) is 41.9 Å². The van der Waals surface area contributed by atoms with Gasteiger partial charge in [-0.25, -0.2) is 4.98 Å². The number of rotatable bonds is 3. The molecule has 1 aromatic carbocycles. The molecule has 1 N–H and O–H groups in total. The average Bonchev–Trinajstić information content (AvgIpc) is 3.37. The summed E-state index contributed by atoms with van der Waals surface area (Å²) in [5.41, 5.74) is 4.49. The number of furan rings is 1. The molecule has 2 aromatic heterocycles. The summed E-state index contributed by atoms with van der Waals surface area (Å²) in [4.78, 5) is 20.2. The van der Waals surface area contributed by atoms with Gasteiger partial charge in [0, 0.05) is 17.5 Å². The number of aromatic amines is 1. The Morgan fingerprint density at radius 2 is 1.82 bits per heavy atom. The Morgan fingerprint density at radius 3 is 2.48 bits per heavy atom. The molecule has 3 aromatic rings. The molecular weight excluding hydrogens is 416 g/mol. The highest BCUT2D eigenvalue weighted by Crippen LogP contribution is 2.37. The number of carbonyl (C=O) groups is 1. The predicted molar refractivity (Wildman–Crippen MR) is 123 cm³/mol. The fourth-order valence-corrected chi connectivity index (χ4v) is 4.70. The zero-order valence-electron chi connectivity index (χ0n) is 18.9. The summed E-state index contributed by atoms with van der Waals surface area (Å²) in [6, 6.07) is 16.0. The van der Waals surface area contributed by atoms with Crippen LogP contribution < -0.4 is 9.88 Å². The van der Waals surface area contributed by atoms with Gasteiger partial charge in [0.05, 0.1) is 31.6 Å². The van der Waals surface area contributed by atoms with Gasteiger partial charge in [-0.1, -0.05) is 30.3 Å². The van der Waals surface area contributed by atoms with Crippen LogP contribution in [0.25, 0.3) is 11.3 Å². The Hall–Kier alpha value is -3.63. The third-order valence-electron chi connectivity index (χ3n) is 6.45. The lowest BCUT2D eigenvalue weighted by Gasteiger charge is -2.35. The first-order valence-corrected chi connectivity index (χ1v) is 11.2. The van der Waals surface area contributed by atoms with E-state index in [1.54, 1.807) is 17.0 Å². The number of benzene rings is 1. The number of carbonyl (C=O) groups excluding carboxylic acids is 1. The molecular formula is C26H27N4O3+. The minimum Gasteiger partial charge on any atom is -0.459 e. The van der Waals surface area contributed by atoms with Gasteiger partial charge in [-0.3, -0.25) is 9.69 Å². The number of H-pyrrole nitrogens is 1. The third kappa shape index (κ3) is 3.98. The van der Waals surface area contributed by atoms with Gasteiger partial charge in [0.15, 0.2) is 5.76 Å². The average molecular weight is 444 g/mol. The summed E-state index contributed by atoms with van der Waals surface area (Å²) in [5, 5.41) is 10.2. The SMILES string of the molecule is CC1(C)Cc2c(C#N)c(N3CCN(C(=O)c4ccco4)CC3)[nH+]c(-c3ccccc3)c2CO1. The number of hydrogen-bond acceptors (Lipinski definition) is 5. The molecule has 0 unspecified atom stereocenters. The van der Waals surface area contributed by atoms with Gasteiger partial charge in [0.2, 0.25) is 0 Å². The number of ether oxygens (including phenoxy) is 1. The number of piperazine rings is 1. The van der Waals surface area contributed by atoms with E-state index < -0.39 is 0 Å². The maximum absolute atomic E-state index is 12.7. The Bertz CT molecular complexity index is 1200. The second kappa shape index (κ2) is 8.38. The topological polar surface area (TPSA) is 83.9 Å². The Morgan fingerprint density at radius 1 is 1.06 bits per heavy atom. The molecule has 0 saturated carbocycles. The number of aromatic nitrogens is 1. The van der Waals surface area contributed by atoms with E-state index in [1.165, 1.54) is 6.26 Å². The van der Waals surface area contributed by atoms with Crippen LogP contribution in [0.4, 0.5) is 5.82 Å². The Kier molecular flexibility index (Phi) is 5.39. The van der Waals surface area contributed by atoms with Gasteiger partial charge >= 0.3 is 0 Å². The molecule has 2 aliphatic rings. The lowest BCUT2D eigenvalue weighted by Crippen LogP contribution is -2.50. The number of nitriles is 1. The number of nitrogens with zero attached hydrogens (tertiary/aromatic N) is 3. The first-order valence-electron chi connectivity index (χ1n) is 11.2. The zero-order valence-corrected chi connectivity index (χ0v) is 18.9. The van der Waals surface area contributed by atoms with Crippen LogP contribution >= 0.6 is 0 Å². The lowest BCUT2D eigenvalue weighted by atomic mass is 9.86. The fourth-order valence-electron chi connectivity index (χ4n) is 4.70. The summed E-state index contributed by atoms with van der Waals surface area (Å²) in [7, 11) is 0. The van der Waals surface area contributed by atoms with Crippen LogP contribution in [0.5, 0.6) is 0 Å². The smallest absolute Gasteiger partial charge is 0.293 e. The Balaban J connectivity index is 1.51. The molecule has 1 amide bonds. The van der Waals surface area contributed by atoms with E-state index >= 15 is 0 Å². The van der Waals surface area contributed by atoms with Crippen molar-refractivity contribution in [3.8, 4) is 17.3 Å². The fraction of sp³-hybridized carbons (Fsp3) is 0.346. The standard InChI is InChI=1S/C26H26N4O3/c1-26(2)15-19-20(16-27)24(28-23(21(19)17-33-26)18-7-4-3-5-8-18)29-10-12-30(13-11-29)25(31)22-9-6-14-32-22/h3-9,14H,10-13,15,17H2,1-2H3/p+1. The minimum atomic E-state index is -0.334. The van der Waals surface area contributed by atoms with Crippen molar-refractivity contribution in [3.63, 3.8) is 0 Å². The molecule has 0 atom stereocenters. The molecule has 168 valence electrons. The predicted octanol–water partition coefficient (Wildman–Crippen LogP) is 3.45. The van der Waals surface area contributed by atoms with Crippen LogP contribution in [0.2, 0.25) is 0 Å². The number of hydrogen-bond donors (Lipinski definition) is 0. The van der Waals surface area contributed by atoms with Gasteiger partial charge < -0.3 is 14.1 Å². The highest BCUT2D eigenvalue weighted by atomic mass is 16.5. The molecule has 1 fully saturated rings. The van der Waals surface area contributed by atoms with Crippen molar-refractivity contribution in [1.29, 1.82) is 5.26 Å². The maximum atomic E-state index is 12.7. The van der Waals surface area contributed by atoms with E-state index in [0.717, 1.165) is 28.2 Å². The lowest BCUT2D eigenvalue weighted by molar-refractivity contribution is -0.352. The van der Waals surface area contributed by atoms with Gasteiger partial charge in [-0.2, -0.15) is 5.26 Å². The summed E-state index contributed by atoms with van der Waals surface area (Å²) in [6.45, 7) is 6.97. The molecule has 0 radical (unpaired) electrons. The highest BCUT2D eigenvalue weighted by Gasteiger charge is 2.37. The molecule has 0 spiro atoms. The van der Waals surface area contributed by atoms with Gasteiger partial charge in [-0.05, 0) is 31.5 Å². The largest absolute Gasteiger partial charge is 0.459 e. The van der Waals surface area contributed by atoms with E-state index in [0.29, 0.717) is 50.5 Å². The second-order valence-electron chi connectivity index (χ2n) is 9.14. The summed E-state index contributed by atoms with van der Waals surface area (Å²) in [5.74, 6) is 1.08. The van der Waals surface area contributed by atoms with Crippen LogP contribution in [0.1, 0.15) is 41.1 Å². The van der Waals surface area contributed by atoms with Gasteiger partial charge in [0.1, 0.15) is 30.4 Å². The first kappa shape index (κ1) is 21.2. The highest BCUT2D eigenvalue weighted by molar-refractivity contribution is 5.91. The monoisotopic (exact) mass is 443 g/mol. The first-order chi connectivity index (χ1) is 16.0. The molecule has 0 bridgehead atoms.